The Morgan fingerprint density at radius 1 is 1.26 bits per heavy atom. The maximum Gasteiger partial charge on any atom is 0.266 e. The molecule has 1 unspecified atom stereocenters. The quantitative estimate of drug-likeness (QED) is 0.391. The van der Waals surface area contributed by atoms with E-state index < -0.39 is 0 Å². The van der Waals surface area contributed by atoms with Crippen LogP contribution in [0.5, 0.6) is 5.75 Å². The zero-order valence-electron chi connectivity index (χ0n) is 15.2. The SMILES string of the molecule is Cc1cc(O)c(Nc2ccc(C(C)CN)cc2)c2c1[nH]c(=O)c1sccc12. The lowest BCUT2D eigenvalue weighted by molar-refractivity contribution is 0.478. The van der Waals surface area contributed by atoms with Crippen LogP contribution in [0.4, 0.5) is 11.4 Å². The van der Waals surface area contributed by atoms with E-state index in [2.05, 4.69) is 17.2 Å². The van der Waals surface area contributed by atoms with Crippen molar-refractivity contribution in [2.24, 2.45) is 5.73 Å². The number of pyridine rings is 1. The lowest BCUT2D eigenvalue weighted by Crippen LogP contribution is -2.08. The van der Waals surface area contributed by atoms with E-state index in [1.807, 2.05) is 42.6 Å². The normalized spacial score (nSPS) is 12.6. The van der Waals surface area contributed by atoms with E-state index in [4.69, 9.17) is 5.73 Å². The van der Waals surface area contributed by atoms with E-state index >= 15 is 0 Å². The van der Waals surface area contributed by atoms with Crippen LogP contribution in [0.3, 0.4) is 0 Å². The van der Waals surface area contributed by atoms with Crippen LogP contribution in [0, 0.1) is 6.92 Å². The highest BCUT2D eigenvalue weighted by molar-refractivity contribution is 7.17. The van der Waals surface area contributed by atoms with Crippen LogP contribution < -0.4 is 16.6 Å². The fraction of sp³-hybridized carbons (Fsp3) is 0.190. The number of hydrogen-bond donors (Lipinski definition) is 4. The molecule has 0 amide bonds. The summed E-state index contributed by atoms with van der Waals surface area (Å²) in [4.78, 5) is 15.3. The third-order valence-electron chi connectivity index (χ3n) is 4.99. The van der Waals surface area contributed by atoms with Gasteiger partial charge in [0, 0.05) is 16.5 Å². The first-order chi connectivity index (χ1) is 13.0. The Kier molecular flexibility index (Phi) is 4.37. The molecule has 2 heterocycles. The molecule has 5 N–H and O–H groups in total. The van der Waals surface area contributed by atoms with E-state index in [1.165, 1.54) is 16.9 Å². The van der Waals surface area contributed by atoms with E-state index in [-0.39, 0.29) is 11.3 Å². The number of thiophene rings is 1. The first kappa shape index (κ1) is 17.6. The minimum absolute atomic E-state index is 0.104. The summed E-state index contributed by atoms with van der Waals surface area (Å²) in [5, 5.41) is 17.5. The van der Waals surface area contributed by atoms with Gasteiger partial charge in [0.1, 0.15) is 10.4 Å². The van der Waals surface area contributed by atoms with Gasteiger partial charge in [0.05, 0.1) is 11.2 Å². The summed E-state index contributed by atoms with van der Waals surface area (Å²) >= 11 is 1.40. The number of rotatable bonds is 4. The van der Waals surface area contributed by atoms with Crippen LogP contribution in [0.2, 0.25) is 0 Å². The zero-order valence-corrected chi connectivity index (χ0v) is 16.0. The van der Waals surface area contributed by atoms with Crippen LogP contribution in [0.25, 0.3) is 21.0 Å². The number of fused-ring (bicyclic) bond motifs is 3. The highest BCUT2D eigenvalue weighted by Crippen LogP contribution is 2.40. The van der Waals surface area contributed by atoms with Crippen molar-refractivity contribution in [1.29, 1.82) is 0 Å². The summed E-state index contributed by atoms with van der Waals surface area (Å²) < 4.78 is 0.655. The first-order valence-corrected chi connectivity index (χ1v) is 9.70. The number of nitrogens with two attached hydrogens (primary N) is 1. The Balaban J connectivity index is 1.89. The van der Waals surface area contributed by atoms with Crippen molar-refractivity contribution in [1.82, 2.24) is 4.98 Å². The van der Waals surface area contributed by atoms with Gasteiger partial charge in [-0.1, -0.05) is 19.1 Å². The Labute approximate surface area is 160 Å². The van der Waals surface area contributed by atoms with Gasteiger partial charge in [0.25, 0.3) is 5.56 Å². The number of phenolic OH excluding ortho intramolecular Hbond substituents is 1. The summed E-state index contributed by atoms with van der Waals surface area (Å²) in [6, 6.07) is 11.6. The molecule has 0 radical (unpaired) electrons. The Morgan fingerprint density at radius 3 is 2.70 bits per heavy atom. The van der Waals surface area contributed by atoms with Gasteiger partial charge < -0.3 is 21.1 Å². The summed E-state index contributed by atoms with van der Waals surface area (Å²) in [6.45, 7) is 4.56. The smallest absolute Gasteiger partial charge is 0.266 e. The van der Waals surface area contributed by atoms with Crippen molar-refractivity contribution in [2.45, 2.75) is 19.8 Å². The fourth-order valence-corrected chi connectivity index (χ4v) is 4.18. The van der Waals surface area contributed by atoms with E-state index in [0.29, 0.717) is 22.8 Å². The molecule has 2 aromatic carbocycles. The molecule has 4 aromatic rings. The summed E-state index contributed by atoms with van der Waals surface area (Å²) in [6.07, 6.45) is 0. The molecule has 1 atom stereocenters. The molecule has 0 aliphatic heterocycles. The fourth-order valence-electron chi connectivity index (χ4n) is 3.38. The second-order valence-corrected chi connectivity index (χ2v) is 7.75. The highest BCUT2D eigenvalue weighted by Gasteiger charge is 2.16. The van der Waals surface area contributed by atoms with Crippen molar-refractivity contribution in [3.05, 3.63) is 63.3 Å². The van der Waals surface area contributed by atoms with Crippen molar-refractivity contribution < 1.29 is 5.11 Å². The average molecular weight is 379 g/mol. The third kappa shape index (κ3) is 2.97. The number of H-pyrrole nitrogens is 1. The van der Waals surface area contributed by atoms with Crippen LogP contribution >= 0.6 is 11.3 Å². The summed E-state index contributed by atoms with van der Waals surface area (Å²) in [5.41, 5.74) is 9.82. The molecular weight excluding hydrogens is 358 g/mol. The number of aryl methyl sites for hydroxylation is 1. The largest absolute Gasteiger partial charge is 0.506 e. The van der Waals surface area contributed by atoms with Crippen molar-refractivity contribution in [3.8, 4) is 5.75 Å². The molecule has 27 heavy (non-hydrogen) atoms. The van der Waals surface area contributed by atoms with Gasteiger partial charge in [0.2, 0.25) is 0 Å². The summed E-state index contributed by atoms with van der Waals surface area (Å²) in [5.74, 6) is 0.446. The molecule has 0 saturated heterocycles. The Hall–Kier alpha value is -2.83. The second-order valence-electron chi connectivity index (χ2n) is 6.84. The van der Waals surface area contributed by atoms with E-state index in [1.54, 1.807) is 6.07 Å². The van der Waals surface area contributed by atoms with Gasteiger partial charge in [-0.05, 0) is 60.2 Å². The molecule has 6 heteroatoms. The molecule has 2 aromatic heterocycles. The highest BCUT2D eigenvalue weighted by atomic mass is 32.1. The first-order valence-electron chi connectivity index (χ1n) is 8.82. The predicted molar refractivity (Wildman–Crippen MR) is 114 cm³/mol. The molecule has 138 valence electrons. The maximum absolute atomic E-state index is 12.4. The lowest BCUT2D eigenvalue weighted by Gasteiger charge is -2.15. The molecule has 0 aliphatic rings. The van der Waals surface area contributed by atoms with Crippen LogP contribution in [0.1, 0.15) is 24.0 Å². The molecule has 0 fully saturated rings. The minimum Gasteiger partial charge on any atom is -0.506 e. The molecule has 4 rings (SSSR count). The van der Waals surface area contributed by atoms with Crippen molar-refractivity contribution in [2.75, 3.05) is 11.9 Å². The number of aromatic amines is 1. The number of aromatic nitrogens is 1. The van der Waals surface area contributed by atoms with Gasteiger partial charge in [-0.15, -0.1) is 11.3 Å². The Morgan fingerprint density at radius 2 is 2.00 bits per heavy atom. The van der Waals surface area contributed by atoms with Gasteiger partial charge in [-0.25, -0.2) is 0 Å². The number of nitrogens with one attached hydrogen (secondary N) is 2. The number of hydrogen-bond acceptors (Lipinski definition) is 5. The number of phenols is 1. The third-order valence-corrected chi connectivity index (χ3v) is 5.90. The second kappa shape index (κ2) is 6.72. The molecule has 5 nitrogen and oxygen atoms in total. The van der Waals surface area contributed by atoms with Crippen molar-refractivity contribution >= 4 is 43.7 Å². The van der Waals surface area contributed by atoms with Gasteiger partial charge >= 0.3 is 0 Å². The minimum atomic E-state index is -0.104. The molecule has 0 saturated carbocycles. The topological polar surface area (TPSA) is 91.1 Å². The molecule has 0 spiro atoms. The van der Waals surface area contributed by atoms with Crippen LogP contribution in [-0.2, 0) is 0 Å². The number of anilines is 2. The van der Waals surface area contributed by atoms with E-state index in [9.17, 15) is 9.90 Å². The zero-order chi connectivity index (χ0) is 19.1. The van der Waals surface area contributed by atoms with Crippen LogP contribution in [0.15, 0.2) is 46.6 Å². The molecular formula is C21H21N3O2S. The van der Waals surface area contributed by atoms with Crippen LogP contribution in [-0.4, -0.2) is 16.6 Å². The molecule has 0 bridgehead atoms. The average Bonchev–Trinajstić information content (AvgIpc) is 3.16. The van der Waals surface area contributed by atoms with Gasteiger partial charge in [-0.2, -0.15) is 0 Å². The lowest BCUT2D eigenvalue weighted by atomic mass is 10.0. The van der Waals surface area contributed by atoms with E-state index in [0.717, 1.165) is 27.5 Å². The van der Waals surface area contributed by atoms with Gasteiger partial charge in [0.15, 0.2) is 0 Å². The van der Waals surface area contributed by atoms with Gasteiger partial charge in [-0.3, -0.25) is 4.79 Å². The van der Waals surface area contributed by atoms with Crippen molar-refractivity contribution in [3.63, 3.8) is 0 Å². The summed E-state index contributed by atoms with van der Waals surface area (Å²) in [7, 11) is 0. The number of aromatic hydroxyl groups is 1. The standard InChI is InChI=1S/C21H21N3O2S/c1-11-9-16(25)19(23-14-5-3-13(4-6-14)12(2)10-22)17-15-7-8-27-20(15)21(26)24-18(11)17/h3-9,12,23,25H,10,22H2,1-2H3,(H,24,26). The predicted octanol–water partition coefficient (Wildman–Crippen LogP) is 4.56. The molecule has 0 aliphatic carbocycles. The monoisotopic (exact) mass is 379 g/mol. The maximum atomic E-state index is 12.4. The Bertz CT molecular complexity index is 1190. The number of benzene rings is 2.